The summed E-state index contributed by atoms with van der Waals surface area (Å²) in [5, 5.41) is 4.38. The van der Waals surface area contributed by atoms with E-state index in [9.17, 15) is 0 Å². The van der Waals surface area contributed by atoms with Crippen LogP contribution < -0.4 is 0 Å². The highest BCUT2D eigenvalue weighted by molar-refractivity contribution is 6.03. The Morgan fingerprint density at radius 3 is 1.50 bits per heavy atom. The second-order valence-corrected chi connectivity index (χ2v) is 11.4. The lowest BCUT2D eigenvalue weighted by Gasteiger charge is -2.09. The quantitative estimate of drug-likeness (QED) is 0.192. The summed E-state index contributed by atoms with van der Waals surface area (Å²) in [6.07, 6.45) is 5.44. The van der Waals surface area contributed by atoms with Crippen LogP contribution in [-0.4, -0.2) is 24.9 Å². The molecule has 9 aromatic rings. The number of hydrogen-bond donors (Lipinski definition) is 0. The Morgan fingerprint density at radius 1 is 0.348 bits per heavy atom. The highest BCUT2D eigenvalue weighted by Gasteiger charge is 2.09. The second kappa shape index (κ2) is 10.7. The topological polar surface area (TPSA) is 64.5 Å². The lowest BCUT2D eigenvalue weighted by molar-refractivity contribution is 1.30. The molecule has 4 aromatic carbocycles. The molecule has 0 saturated heterocycles. The van der Waals surface area contributed by atoms with E-state index >= 15 is 0 Å². The van der Waals surface area contributed by atoms with Crippen LogP contribution in [-0.2, 0) is 0 Å². The van der Waals surface area contributed by atoms with Gasteiger partial charge in [-0.3, -0.25) is 9.97 Å². The average molecular weight is 588 g/mol. The highest BCUT2D eigenvalue weighted by atomic mass is 14.8. The van der Waals surface area contributed by atoms with Gasteiger partial charge in [-0.15, -0.1) is 0 Å². The second-order valence-electron chi connectivity index (χ2n) is 11.4. The van der Waals surface area contributed by atoms with Crippen LogP contribution in [0.1, 0.15) is 0 Å². The van der Waals surface area contributed by atoms with E-state index in [0.29, 0.717) is 0 Å². The molecule has 5 heteroatoms. The molecule has 214 valence electrons. The minimum atomic E-state index is 0.922. The third-order valence-electron chi connectivity index (χ3n) is 8.58. The Bertz CT molecular complexity index is 2580. The standard InChI is InChI=1S/C41H25N5/c1-4-34(25-42-21-1)39-20-15-33-24-31(13-18-38(33)45-39)30-12-17-37-32(23-30)14-19-35(44-37)26-5-7-27(8-6-26)36-16-11-29-10-9-28-3-2-22-43-40(28)41(29)46-36/h1-25H. The predicted octanol–water partition coefficient (Wildman–Crippen LogP) is 9.94. The summed E-state index contributed by atoms with van der Waals surface area (Å²) in [5.41, 5.74) is 12.0. The highest BCUT2D eigenvalue weighted by Crippen LogP contribution is 2.31. The van der Waals surface area contributed by atoms with E-state index in [1.165, 1.54) is 0 Å². The molecule has 0 fully saturated rings. The Labute approximate surface area is 264 Å². The van der Waals surface area contributed by atoms with Gasteiger partial charge < -0.3 is 0 Å². The summed E-state index contributed by atoms with van der Waals surface area (Å²) in [6.45, 7) is 0. The third kappa shape index (κ3) is 4.62. The van der Waals surface area contributed by atoms with E-state index in [1.54, 1.807) is 6.20 Å². The number of nitrogens with zero attached hydrogens (tertiary/aromatic N) is 5. The van der Waals surface area contributed by atoms with Crippen LogP contribution in [0.15, 0.2) is 152 Å². The fourth-order valence-electron chi connectivity index (χ4n) is 6.14. The van der Waals surface area contributed by atoms with Gasteiger partial charge in [-0.25, -0.2) is 15.0 Å². The summed E-state index contributed by atoms with van der Waals surface area (Å²) in [7, 11) is 0. The van der Waals surface area contributed by atoms with Crippen LogP contribution in [0.25, 0.3) is 88.5 Å². The van der Waals surface area contributed by atoms with Gasteiger partial charge in [0.2, 0.25) is 0 Å². The van der Waals surface area contributed by atoms with Gasteiger partial charge in [0, 0.05) is 56.8 Å². The molecule has 0 N–H and O–H groups in total. The van der Waals surface area contributed by atoms with E-state index in [4.69, 9.17) is 15.0 Å². The molecule has 0 unspecified atom stereocenters. The van der Waals surface area contributed by atoms with Gasteiger partial charge in [0.25, 0.3) is 0 Å². The molecule has 0 spiro atoms. The molecule has 0 amide bonds. The minimum Gasteiger partial charge on any atom is -0.264 e. The van der Waals surface area contributed by atoms with E-state index < -0.39 is 0 Å². The van der Waals surface area contributed by atoms with Crippen molar-refractivity contribution in [1.82, 2.24) is 24.9 Å². The molecule has 0 aliphatic carbocycles. The molecule has 5 heterocycles. The van der Waals surface area contributed by atoms with Gasteiger partial charge in [-0.1, -0.05) is 72.8 Å². The van der Waals surface area contributed by atoms with Crippen LogP contribution in [0.3, 0.4) is 0 Å². The number of fused-ring (bicyclic) bond motifs is 5. The van der Waals surface area contributed by atoms with Gasteiger partial charge in [0.15, 0.2) is 0 Å². The molecule has 0 bridgehead atoms. The number of pyridine rings is 5. The largest absolute Gasteiger partial charge is 0.264 e. The number of rotatable bonds is 4. The summed E-state index contributed by atoms with van der Waals surface area (Å²) in [5.74, 6) is 0. The first-order valence-electron chi connectivity index (χ1n) is 15.2. The van der Waals surface area contributed by atoms with Gasteiger partial charge >= 0.3 is 0 Å². The molecular weight excluding hydrogens is 562 g/mol. The zero-order valence-corrected chi connectivity index (χ0v) is 24.7. The molecule has 0 saturated carbocycles. The SMILES string of the molecule is c1cncc(-c2ccc3cc(-c4ccc5nc(-c6ccc(-c7ccc8ccc9cccnc9c8n7)cc6)ccc5c4)ccc3n2)c1. The van der Waals surface area contributed by atoms with Crippen molar-refractivity contribution < 1.29 is 0 Å². The smallest absolute Gasteiger partial charge is 0.0972 e. The fourth-order valence-corrected chi connectivity index (χ4v) is 6.14. The molecule has 5 nitrogen and oxygen atoms in total. The Morgan fingerprint density at radius 2 is 0.870 bits per heavy atom. The lowest BCUT2D eigenvalue weighted by Crippen LogP contribution is -1.90. The van der Waals surface area contributed by atoms with Crippen LogP contribution in [0.4, 0.5) is 0 Å². The number of hydrogen-bond acceptors (Lipinski definition) is 5. The van der Waals surface area contributed by atoms with Crippen molar-refractivity contribution in [3.8, 4) is 44.9 Å². The maximum atomic E-state index is 5.01. The van der Waals surface area contributed by atoms with Crippen molar-refractivity contribution in [2.45, 2.75) is 0 Å². The Kier molecular flexibility index (Phi) is 6.06. The van der Waals surface area contributed by atoms with Crippen LogP contribution in [0.5, 0.6) is 0 Å². The first-order valence-corrected chi connectivity index (χ1v) is 15.2. The van der Waals surface area contributed by atoms with Gasteiger partial charge in [0.1, 0.15) is 0 Å². The number of benzene rings is 4. The molecule has 0 aliphatic heterocycles. The van der Waals surface area contributed by atoms with Crippen molar-refractivity contribution in [3.05, 3.63) is 152 Å². The molecule has 46 heavy (non-hydrogen) atoms. The van der Waals surface area contributed by atoms with Gasteiger partial charge in [0.05, 0.1) is 39.1 Å². The molecule has 9 rings (SSSR count). The summed E-state index contributed by atoms with van der Waals surface area (Å²) >= 11 is 0. The van der Waals surface area contributed by atoms with Crippen molar-refractivity contribution in [1.29, 1.82) is 0 Å². The molecule has 0 radical (unpaired) electrons. The Hall–Kier alpha value is -6.33. The fraction of sp³-hybridized carbons (Fsp3) is 0. The summed E-state index contributed by atoms with van der Waals surface area (Å²) < 4.78 is 0. The van der Waals surface area contributed by atoms with E-state index in [2.05, 4.69) is 125 Å². The predicted molar refractivity (Wildman–Crippen MR) is 187 cm³/mol. The average Bonchev–Trinajstić information content (AvgIpc) is 3.14. The molecule has 5 aromatic heterocycles. The maximum absolute atomic E-state index is 5.01. The molecule has 0 atom stereocenters. The normalized spacial score (nSPS) is 11.5. The summed E-state index contributed by atoms with van der Waals surface area (Å²) in [4.78, 5) is 23.7. The van der Waals surface area contributed by atoms with Crippen molar-refractivity contribution in [2.75, 3.05) is 0 Å². The number of aromatic nitrogens is 5. The minimum absolute atomic E-state index is 0.922. The first kappa shape index (κ1) is 26.1. The van der Waals surface area contributed by atoms with Gasteiger partial charge in [-0.05, 0) is 71.8 Å². The van der Waals surface area contributed by atoms with Gasteiger partial charge in [-0.2, -0.15) is 0 Å². The van der Waals surface area contributed by atoms with E-state index in [0.717, 1.165) is 88.5 Å². The maximum Gasteiger partial charge on any atom is 0.0972 e. The monoisotopic (exact) mass is 587 g/mol. The van der Waals surface area contributed by atoms with Crippen LogP contribution in [0.2, 0.25) is 0 Å². The lowest BCUT2D eigenvalue weighted by atomic mass is 10.00. The van der Waals surface area contributed by atoms with Crippen molar-refractivity contribution >= 4 is 43.6 Å². The van der Waals surface area contributed by atoms with Crippen LogP contribution in [0, 0.1) is 0 Å². The summed E-state index contributed by atoms with van der Waals surface area (Å²) in [6, 6.07) is 46.2. The first-order chi connectivity index (χ1) is 22.7. The third-order valence-corrected chi connectivity index (χ3v) is 8.58. The van der Waals surface area contributed by atoms with Crippen molar-refractivity contribution in [3.63, 3.8) is 0 Å². The zero-order valence-electron chi connectivity index (χ0n) is 24.7. The zero-order chi connectivity index (χ0) is 30.5. The van der Waals surface area contributed by atoms with Crippen LogP contribution >= 0.6 is 0 Å². The molecular formula is C41H25N5. The Balaban J connectivity index is 0.993. The van der Waals surface area contributed by atoms with E-state index in [-0.39, 0.29) is 0 Å². The van der Waals surface area contributed by atoms with E-state index in [1.807, 2.05) is 30.6 Å². The van der Waals surface area contributed by atoms with Crippen molar-refractivity contribution in [2.24, 2.45) is 0 Å². The molecule has 0 aliphatic rings.